The van der Waals surface area contributed by atoms with Crippen molar-refractivity contribution in [3.05, 3.63) is 97.2 Å². The van der Waals surface area contributed by atoms with Crippen molar-refractivity contribution in [1.82, 2.24) is 0 Å². The molecule has 0 saturated heterocycles. The monoisotopic (exact) mass is 1070 g/mol. The first-order chi connectivity index (χ1) is 38.0. The molecule has 0 rings (SSSR count). The first-order valence-corrected chi connectivity index (χ1v) is 32.7. The van der Waals surface area contributed by atoms with Crippen LogP contribution in [0.3, 0.4) is 0 Å². The van der Waals surface area contributed by atoms with Crippen molar-refractivity contribution in [2.24, 2.45) is 0 Å². The zero-order valence-corrected chi connectivity index (χ0v) is 50.7. The number of hydrogen-bond acceptors (Lipinski definition) is 6. The van der Waals surface area contributed by atoms with Crippen molar-refractivity contribution in [3.8, 4) is 0 Å². The van der Waals surface area contributed by atoms with Crippen LogP contribution in [0.25, 0.3) is 0 Å². The van der Waals surface area contributed by atoms with Gasteiger partial charge in [0.2, 0.25) is 0 Å². The maximum atomic E-state index is 12.9. The highest BCUT2D eigenvalue weighted by Crippen LogP contribution is 2.17. The average Bonchev–Trinajstić information content (AvgIpc) is 3.43. The average molecular weight is 1070 g/mol. The summed E-state index contributed by atoms with van der Waals surface area (Å²) in [7, 11) is 0. The Morgan fingerprint density at radius 3 is 0.831 bits per heavy atom. The Hall–Kier alpha value is -3.67. The molecule has 0 aromatic carbocycles. The molecule has 0 aliphatic carbocycles. The number of unbranched alkanes of at least 4 members (excludes halogenated alkanes) is 32. The van der Waals surface area contributed by atoms with Crippen LogP contribution >= 0.6 is 0 Å². The normalized spacial score (nSPS) is 12.7. The minimum Gasteiger partial charge on any atom is -0.462 e. The van der Waals surface area contributed by atoms with Gasteiger partial charge in [0.1, 0.15) is 13.2 Å². The largest absolute Gasteiger partial charge is 0.462 e. The predicted molar refractivity (Wildman–Crippen MR) is 334 cm³/mol. The predicted octanol–water partition coefficient (Wildman–Crippen LogP) is 22.4. The van der Waals surface area contributed by atoms with E-state index in [1.165, 1.54) is 167 Å². The van der Waals surface area contributed by atoms with Gasteiger partial charge in [0.05, 0.1) is 0 Å². The first kappa shape index (κ1) is 73.3. The van der Waals surface area contributed by atoms with Gasteiger partial charge in [-0.2, -0.15) is 0 Å². The lowest BCUT2D eigenvalue weighted by Gasteiger charge is -2.18. The van der Waals surface area contributed by atoms with Crippen LogP contribution in [-0.2, 0) is 28.6 Å². The van der Waals surface area contributed by atoms with Crippen molar-refractivity contribution in [1.29, 1.82) is 0 Å². The van der Waals surface area contributed by atoms with Crippen LogP contribution in [0.2, 0.25) is 0 Å². The molecule has 0 saturated carbocycles. The van der Waals surface area contributed by atoms with Crippen LogP contribution < -0.4 is 0 Å². The molecule has 0 spiro atoms. The quantitative estimate of drug-likeness (QED) is 0.0261. The molecular formula is C71H122O6. The third kappa shape index (κ3) is 63.0. The van der Waals surface area contributed by atoms with Gasteiger partial charge in [-0.25, -0.2) is 0 Å². The van der Waals surface area contributed by atoms with E-state index in [0.717, 1.165) is 109 Å². The Kier molecular flexibility index (Phi) is 61.8. The van der Waals surface area contributed by atoms with E-state index < -0.39 is 6.10 Å². The van der Waals surface area contributed by atoms with E-state index in [-0.39, 0.29) is 31.1 Å². The summed E-state index contributed by atoms with van der Waals surface area (Å²) in [5.41, 5.74) is 0. The highest BCUT2D eigenvalue weighted by Gasteiger charge is 2.19. The SMILES string of the molecule is CC/C=C\C/C=C\C/C=C\C/C=C\CCCCC(=O)OCC(COC(=O)CCCCCCCCCCCCCCCCC/C=C\CCCCCCCCCC)OC(=O)CCCCCCCCC/C=C\C/C=C\C/C=C\CC. The smallest absolute Gasteiger partial charge is 0.306 e. The minimum absolute atomic E-state index is 0.0937. The number of allylic oxidation sites excluding steroid dienone is 16. The lowest BCUT2D eigenvalue weighted by Crippen LogP contribution is -2.30. The van der Waals surface area contributed by atoms with E-state index in [9.17, 15) is 14.4 Å². The summed E-state index contributed by atoms with van der Waals surface area (Å²) in [6.45, 7) is 6.40. The molecule has 6 heteroatoms. The van der Waals surface area contributed by atoms with E-state index in [1.54, 1.807) is 0 Å². The molecule has 1 unspecified atom stereocenters. The van der Waals surface area contributed by atoms with Gasteiger partial charge in [-0.15, -0.1) is 0 Å². The van der Waals surface area contributed by atoms with Crippen molar-refractivity contribution in [3.63, 3.8) is 0 Å². The standard InChI is InChI=1S/C71H122O6/c1-4-7-10-13-16-19-22-25-28-30-31-32-33-34-35-36-37-38-39-41-43-46-49-52-55-58-61-64-70(73)76-67-68(66-75-69(72)63-60-57-54-51-48-45-42-27-24-21-18-15-12-9-6-3)77-71(74)65-62-59-56-53-50-47-44-40-29-26-23-20-17-14-11-8-5-2/h8-9,11-12,17-18,20-21,26-27,29-31,42,48,51,68H,4-7,10,13-16,19,22-25,28,32-41,43-47,49-50,52-67H2,1-3H3/b11-8-,12-9-,20-17-,21-18-,29-26-,31-30-,42-27-,51-48-. The van der Waals surface area contributed by atoms with Crippen molar-refractivity contribution >= 4 is 17.9 Å². The van der Waals surface area contributed by atoms with Crippen LogP contribution in [0, 0.1) is 0 Å². The summed E-state index contributed by atoms with van der Waals surface area (Å²) in [6.07, 6.45) is 87.2. The van der Waals surface area contributed by atoms with E-state index >= 15 is 0 Å². The molecule has 0 aromatic rings. The number of hydrogen-bond donors (Lipinski definition) is 0. The van der Waals surface area contributed by atoms with Gasteiger partial charge in [0, 0.05) is 19.3 Å². The molecule has 0 N–H and O–H groups in total. The Morgan fingerprint density at radius 2 is 0.506 bits per heavy atom. The second-order valence-electron chi connectivity index (χ2n) is 21.6. The first-order valence-electron chi connectivity index (χ1n) is 32.7. The summed E-state index contributed by atoms with van der Waals surface area (Å²) in [5, 5.41) is 0. The molecule has 0 aliphatic heterocycles. The van der Waals surface area contributed by atoms with Crippen LogP contribution in [-0.4, -0.2) is 37.2 Å². The van der Waals surface area contributed by atoms with Gasteiger partial charge in [-0.1, -0.05) is 279 Å². The molecule has 0 amide bonds. The van der Waals surface area contributed by atoms with E-state index in [2.05, 4.69) is 118 Å². The van der Waals surface area contributed by atoms with E-state index in [0.29, 0.717) is 19.3 Å². The Bertz CT molecular complexity index is 1510. The van der Waals surface area contributed by atoms with Gasteiger partial charge in [0.25, 0.3) is 0 Å². The minimum atomic E-state index is -0.801. The number of esters is 3. The Morgan fingerprint density at radius 1 is 0.273 bits per heavy atom. The molecule has 6 nitrogen and oxygen atoms in total. The van der Waals surface area contributed by atoms with Crippen molar-refractivity contribution in [2.45, 2.75) is 322 Å². The summed E-state index contributed by atoms with van der Waals surface area (Å²) < 4.78 is 16.9. The Balaban J connectivity index is 4.31. The van der Waals surface area contributed by atoms with E-state index in [1.807, 2.05) is 0 Å². The van der Waals surface area contributed by atoms with Gasteiger partial charge in [0.15, 0.2) is 6.10 Å². The van der Waals surface area contributed by atoms with E-state index in [4.69, 9.17) is 14.2 Å². The summed E-state index contributed by atoms with van der Waals surface area (Å²) in [6, 6.07) is 0. The van der Waals surface area contributed by atoms with Gasteiger partial charge < -0.3 is 14.2 Å². The molecule has 0 heterocycles. The Labute approximate surface area is 477 Å². The van der Waals surface area contributed by atoms with Crippen LogP contribution in [0.4, 0.5) is 0 Å². The lowest BCUT2D eigenvalue weighted by molar-refractivity contribution is -0.167. The second kappa shape index (κ2) is 64.9. The molecule has 77 heavy (non-hydrogen) atoms. The maximum absolute atomic E-state index is 12.9. The molecule has 0 radical (unpaired) electrons. The van der Waals surface area contributed by atoms with Crippen molar-refractivity contribution in [2.75, 3.05) is 13.2 Å². The third-order valence-electron chi connectivity index (χ3n) is 14.1. The molecule has 0 fully saturated rings. The second-order valence-corrected chi connectivity index (χ2v) is 21.6. The van der Waals surface area contributed by atoms with Crippen molar-refractivity contribution < 1.29 is 28.6 Å². The molecule has 0 aromatic heterocycles. The van der Waals surface area contributed by atoms with Crippen LogP contribution in [0.1, 0.15) is 316 Å². The van der Waals surface area contributed by atoms with Crippen LogP contribution in [0.15, 0.2) is 97.2 Å². The molecule has 1 atom stereocenters. The summed E-state index contributed by atoms with van der Waals surface area (Å²) >= 11 is 0. The fourth-order valence-electron chi connectivity index (χ4n) is 9.21. The zero-order chi connectivity index (χ0) is 55.7. The fraction of sp³-hybridized carbons (Fsp3) is 0.732. The molecular weight excluding hydrogens is 949 g/mol. The van der Waals surface area contributed by atoms with Gasteiger partial charge in [-0.05, 0) is 116 Å². The number of ether oxygens (including phenoxy) is 3. The summed E-state index contributed by atoms with van der Waals surface area (Å²) in [4.78, 5) is 38.3. The van der Waals surface area contributed by atoms with Gasteiger partial charge >= 0.3 is 17.9 Å². The summed E-state index contributed by atoms with van der Waals surface area (Å²) in [5.74, 6) is -0.937. The fourth-order valence-corrected chi connectivity index (χ4v) is 9.21. The lowest BCUT2D eigenvalue weighted by atomic mass is 10.0. The number of carbonyl (C=O) groups is 3. The highest BCUT2D eigenvalue weighted by atomic mass is 16.6. The molecule has 442 valence electrons. The zero-order valence-electron chi connectivity index (χ0n) is 50.7. The maximum Gasteiger partial charge on any atom is 0.306 e. The highest BCUT2D eigenvalue weighted by molar-refractivity contribution is 5.71. The molecule has 0 bridgehead atoms. The third-order valence-corrected chi connectivity index (χ3v) is 14.1. The number of rotatable bonds is 59. The number of carbonyl (C=O) groups excluding carboxylic acids is 3. The van der Waals surface area contributed by atoms with Gasteiger partial charge in [-0.3, -0.25) is 14.4 Å². The van der Waals surface area contributed by atoms with Crippen LogP contribution in [0.5, 0.6) is 0 Å². The molecule has 0 aliphatic rings. The topological polar surface area (TPSA) is 78.9 Å².